The van der Waals surface area contributed by atoms with Gasteiger partial charge in [-0.2, -0.15) is 5.26 Å². The van der Waals surface area contributed by atoms with Crippen LogP contribution < -0.4 is 0 Å². The molecule has 0 unspecified atom stereocenters. The highest BCUT2D eigenvalue weighted by Gasteiger charge is 2.04. The van der Waals surface area contributed by atoms with E-state index < -0.39 is 0 Å². The first-order valence-corrected chi connectivity index (χ1v) is 3.86. The third kappa shape index (κ3) is 1.32. The summed E-state index contributed by atoms with van der Waals surface area (Å²) in [6, 6.07) is 13.8. The summed E-state index contributed by atoms with van der Waals surface area (Å²) in [6.07, 6.45) is 1.59. The second-order valence-corrected chi connectivity index (χ2v) is 2.56. The first-order valence-electron chi connectivity index (χ1n) is 3.86. The third-order valence-corrected chi connectivity index (χ3v) is 1.77. The van der Waals surface area contributed by atoms with E-state index in [-0.39, 0.29) is 0 Å². The van der Waals surface area contributed by atoms with Crippen LogP contribution in [0.3, 0.4) is 0 Å². The van der Waals surface area contributed by atoms with Gasteiger partial charge in [0.2, 0.25) is 0 Å². The predicted octanol–water partition coefficient (Wildman–Crippen LogP) is 2.62. The van der Waals surface area contributed by atoms with Gasteiger partial charge in [-0.05, 0) is 30.3 Å². The Balaban J connectivity index is 2.59. The lowest BCUT2D eigenvalue weighted by atomic mass is 10.1. The molecule has 0 fully saturated rings. The SMILES string of the molecule is N#Cc1cc[c]cc1-c1ccco1. The van der Waals surface area contributed by atoms with Gasteiger partial charge in [0.15, 0.2) is 0 Å². The lowest BCUT2D eigenvalue weighted by Crippen LogP contribution is -1.80. The second-order valence-electron chi connectivity index (χ2n) is 2.56. The van der Waals surface area contributed by atoms with Crippen LogP contribution >= 0.6 is 0 Å². The summed E-state index contributed by atoms with van der Waals surface area (Å²) >= 11 is 0. The Morgan fingerprint density at radius 2 is 2.31 bits per heavy atom. The summed E-state index contributed by atoms with van der Waals surface area (Å²) in [6.45, 7) is 0. The van der Waals surface area contributed by atoms with E-state index in [2.05, 4.69) is 12.1 Å². The number of hydrogen-bond acceptors (Lipinski definition) is 2. The average molecular weight is 168 g/mol. The smallest absolute Gasteiger partial charge is 0.135 e. The number of nitriles is 1. The van der Waals surface area contributed by atoms with Gasteiger partial charge in [0.05, 0.1) is 17.9 Å². The van der Waals surface area contributed by atoms with E-state index in [4.69, 9.17) is 9.68 Å². The first kappa shape index (κ1) is 7.63. The minimum absolute atomic E-state index is 0.605. The number of hydrogen-bond donors (Lipinski definition) is 0. The summed E-state index contributed by atoms with van der Waals surface area (Å²) in [7, 11) is 0. The van der Waals surface area contributed by atoms with E-state index in [1.807, 2.05) is 6.07 Å². The Hall–Kier alpha value is -2.01. The maximum absolute atomic E-state index is 8.81. The first-order chi connectivity index (χ1) is 6.42. The zero-order valence-electron chi connectivity index (χ0n) is 6.82. The average Bonchev–Trinajstić information content (AvgIpc) is 2.70. The number of benzene rings is 1. The molecule has 0 bridgehead atoms. The Bertz CT molecular complexity index is 437. The second kappa shape index (κ2) is 3.16. The zero-order valence-corrected chi connectivity index (χ0v) is 6.82. The van der Waals surface area contributed by atoms with E-state index >= 15 is 0 Å². The van der Waals surface area contributed by atoms with E-state index in [0.29, 0.717) is 11.3 Å². The van der Waals surface area contributed by atoms with E-state index in [1.54, 1.807) is 30.5 Å². The molecule has 0 aliphatic heterocycles. The predicted molar refractivity (Wildman–Crippen MR) is 47.7 cm³/mol. The van der Waals surface area contributed by atoms with Crippen LogP contribution in [0, 0.1) is 17.4 Å². The van der Waals surface area contributed by atoms with Crippen molar-refractivity contribution in [2.45, 2.75) is 0 Å². The van der Waals surface area contributed by atoms with Crippen molar-refractivity contribution >= 4 is 0 Å². The van der Waals surface area contributed by atoms with E-state index in [0.717, 1.165) is 5.56 Å². The van der Waals surface area contributed by atoms with E-state index in [9.17, 15) is 0 Å². The topological polar surface area (TPSA) is 36.9 Å². The molecule has 0 amide bonds. The van der Waals surface area contributed by atoms with Gasteiger partial charge in [0.25, 0.3) is 0 Å². The molecular formula is C11H6NO. The fraction of sp³-hybridized carbons (Fsp3) is 0. The molecule has 1 radical (unpaired) electrons. The molecule has 1 aromatic carbocycles. The molecule has 1 aromatic heterocycles. The molecule has 2 nitrogen and oxygen atoms in total. The Labute approximate surface area is 76.0 Å². The van der Waals surface area contributed by atoms with Gasteiger partial charge in [-0.3, -0.25) is 0 Å². The summed E-state index contributed by atoms with van der Waals surface area (Å²) in [4.78, 5) is 0. The van der Waals surface area contributed by atoms with Crippen molar-refractivity contribution in [3.05, 3.63) is 48.2 Å². The molecule has 0 N–H and O–H groups in total. The molecule has 2 rings (SSSR count). The molecule has 0 saturated heterocycles. The fourth-order valence-corrected chi connectivity index (χ4v) is 1.16. The molecule has 1 heterocycles. The van der Waals surface area contributed by atoms with Gasteiger partial charge in [-0.25, -0.2) is 0 Å². The highest BCUT2D eigenvalue weighted by Crippen LogP contribution is 2.22. The molecule has 0 aliphatic carbocycles. The van der Waals surface area contributed by atoms with Crippen LogP contribution in [-0.2, 0) is 0 Å². The van der Waals surface area contributed by atoms with Gasteiger partial charge in [-0.1, -0.05) is 6.07 Å². The Morgan fingerprint density at radius 3 is 3.00 bits per heavy atom. The van der Waals surface area contributed by atoms with Crippen LogP contribution in [0.25, 0.3) is 11.3 Å². The fourth-order valence-electron chi connectivity index (χ4n) is 1.16. The van der Waals surface area contributed by atoms with E-state index in [1.165, 1.54) is 0 Å². The molecule has 0 atom stereocenters. The van der Waals surface area contributed by atoms with Gasteiger partial charge in [0.1, 0.15) is 5.76 Å². The van der Waals surface area contributed by atoms with Crippen molar-refractivity contribution in [1.29, 1.82) is 5.26 Å². The number of furan rings is 1. The summed E-state index contributed by atoms with van der Waals surface area (Å²) in [5.41, 5.74) is 1.39. The molecule has 2 aromatic rings. The van der Waals surface area contributed by atoms with Crippen molar-refractivity contribution < 1.29 is 4.42 Å². The molecule has 0 saturated carbocycles. The standard InChI is InChI=1S/C11H6NO/c12-8-9-4-1-2-5-10(9)11-6-3-7-13-11/h1,3-7H. The van der Waals surface area contributed by atoms with Crippen LogP contribution in [0.1, 0.15) is 5.56 Å². The normalized spacial score (nSPS) is 9.46. The summed E-state index contributed by atoms with van der Waals surface area (Å²) in [5, 5.41) is 8.81. The number of nitrogens with zero attached hydrogens (tertiary/aromatic N) is 1. The van der Waals surface area contributed by atoms with Crippen molar-refractivity contribution in [1.82, 2.24) is 0 Å². The van der Waals surface area contributed by atoms with Crippen LogP contribution in [0.2, 0.25) is 0 Å². The van der Waals surface area contributed by atoms with Crippen molar-refractivity contribution in [3.8, 4) is 17.4 Å². The minimum Gasteiger partial charge on any atom is -0.464 e. The molecule has 13 heavy (non-hydrogen) atoms. The summed E-state index contributed by atoms with van der Waals surface area (Å²) in [5.74, 6) is 0.702. The maximum Gasteiger partial charge on any atom is 0.135 e. The maximum atomic E-state index is 8.81. The highest BCUT2D eigenvalue weighted by molar-refractivity contribution is 5.65. The minimum atomic E-state index is 0.605. The monoisotopic (exact) mass is 168 g/mol. The van der Waals surface area contributed by atoms with Crippen molar-refractivity contribution in [2.24, 2.45) is 0 Å². The van der Waals surface area contributed by atoms with Crippen LogP contribution in [0.15, 0.2) is 41.0 Å². The highest BCUT2D eigenvalue weighted by atomic mass is 16.3. The third-order valence-electron chi connectivity index (χ3n) is 1.77. The van der Waals surface area contributed by atoms with Gasteiger partial charge in [0, 0.05) is 5.56 Å². The molecular weight excluding hydrogens is 162 g/mol. The van der Waals surface area contributed by atoms with Crippen LogP contribution in [0.4, 0.5) is 0 Å². The van der Waals surface area contributed by atoms with Crippen molar-refractivity contribution in [2.75, 3.05) is 0 Å². The van der Waals surface area contributed by atoms with Gasteiger partial charge < -0.3 is 4.42 Å². The van der Waals surface area contributed by atoms with Crippen LogP contribution in [0.5, 0.6) is 0 Å². The molecule has 61 valence electrons. The summed E-state index contributed by atoms with van der Waals surface area (Å²) < 4.78 is 5.19. The lowest BCUT2D eigenvalue weighted by Gasteiger charge is -1.97. The largest absolute Gasteiger partial charge is 0.464 e. The lowest BCUT2D eigenvalue weighted by molar-refractivity contribution is 0.582. The molecule has 0 aliphatic rings. The van der Waals surface area contributed by atoms with Gasteiger partial charge >= 0.3 is 0 Å². The number of rotatable bonds is 1. The molecule has 0 spiro atoms. The molecule has 2 heteroatoms. The Kier molecular flexibility index (Phi) is 1.85. The quantitative estimate of drug-likeness (QED) is 0.656. The Morgan fingerprint density at radius 1 is 1.38 bits per heavy atom. The van der Waals surface area contributed by atoms with Crippen LogP contribution in [-0.4, -0.2) is 0 Å². The zero-order chi connectivity index (χ0) is 9.10. The van der Waals surface area contributed by atoms with Gasteiger partial charge in [-0.15, -0.1) is 0 Å². The van der Waals surface area contributed by atoms with Crippen molar-refractivity contribution in [3.63, 3.8) is 0 Å².